The maximum absolute atomic E-state index is 11.6. The number of esters is 1. The van der Waals surface area contributed by atoms with Gasteiger partial charge in [-0.15, -0.1) is 0 Å². The number of rotatable bonds is 5. The van der Waals surface area contributed by atoms with Crippen LogP contribution in [0.15, 0.2) is 0 Å². The monoisotopic (exact) mass is 228 g/mol. The first kappa shape index (κ1) is 13.0. The topological polar surface area (TPSA) is 67.4 Å². The van der Waals surface area contributed by atoms with Crippen molar-refractivity contribution >= 4 is 11.9 Å². The molecule has 1 saturated heterocycles. The molecule has 5 nitrogen and oxygen atoms in total. The summed E-state index contributed by atoms with van der Waals surface area (Å²) in [4.78, 5) is 22.5. The second kappa shape index (κ2) is 7.22. The van der Waals surface area contributed by atoms with Crippen LogP contribution in [0.1, 0.15) is 25.7 Å². The standard InChI is InChI=1S/C11H20N2O3/c1-16-10(14)5-3-7-13-11(15)9-4-2-6-12-8-9/h9,12H,2-8H2,1H3,(H,13,15)/t9-/m0/s1. The zero-order chi connectivity index (χ0) is 11.8. The van der Waals surface area contributed by atoms with Crippen molar-refractivity contribution in [3.63, 3.8) is 0 Å². The van der Waals surface area contributed by atoms with Crippen LogP contribution in [-0.2, 0) is 14.3 Å². The Kier molecular flexibility index (Phi) is 5.85. The molecule has 92 valence electrons. The molecule has 0 unspecified atom stereocenters. The second-order valence-electron chi connectivity index (χ2n) is 4.01. The normalized spacial score (nSPS) is 20.2. The fourth-order valence-corrected chi connectivity index (χ4v) is 1.77. The van der Waals surface area contributed by atoms with Crippen molar-refractivity contribution in [3.05, 3.63) is 0 Å². The average molecular weight is 228 g/mol. The summed E-state index contributed by atoms with van der Waals surface area (Å²) in [5, 5.41) is 6.04. The fourth-order valence-electron chi connectivity index (χ4n) is 1.77. The summed E-state index contributed by atoms with van der Waals surface area (Å²) in [5.74, 6) is -0.0440. The Labute approximate surface area is 95.9 Å². The number of hydrogen-bond donors (Lipinski definition) is 2. The highest BCUT2D eigenvalue weighted by molar-refractivity contribution is 5.79. The van der Waals surface area contributed by atoms with Crippen molar-refractivity contribution in [1.29, 1.82) is 0 Å². The summed E-state index contributed by atoms with van der Waals surface area (Å²) >= 11 is 0. The summed E-state index contributed by atoms with van der Waals surface area (Å²) in [5.41, 5.74) is 0. The van der Waals surface area contributed by atoms with Crippen LogP contribution in [0.4, 0.5) is 0 Å². The van der Waals surface area contributed by atoms with E-state index in [0.29, 0.717) is 19.4 Å². The first-order valence-electron chi connectivity index (χ1n) is 5.79. The Morgan fingerprint density at radius 1 is 1.50 bits per heavy atom. The zero-order valence-electron chi connectivity index (χ0n) is 9.75. The Bertz CT molecular complexity index is 237. The maximum Gasteiger partial charge on any atom is 0.305 e. The van der Waals surface area contributed by atoms with Gasteiger partial charge in [0.15, 0.2) is 0 Å². The van der Waals surface area contributed by atoms with Gasteiger partial charge in [0.2, 0.25) is 5.91 Å². The predicted molar refractivity (Wildman–Crippen MR) is 59.9 cm³/mol. The smallest absolute Gasteiger partial charge is 0.305 e. The van der Waals surface area contributed by atoms with Crippen molar-refractivity contribution in [2.24, 2.45) is 5.92 Å². The van der Waals surface area contributed by atoms with E-state index in [2.05, 4.69) is 15.4 Å². The zero-order valence-corrected chi connectivity index (χ0v) is 9.75. The lowest BCUT2D eigenvalue weighted by atomic mass is 9.99. The molecule has 1 aliphatic heterocycles. The molecule has 1 amide bonds. The molecule has 5 heteroatoms. The van der Waals surface area contributed by atoms with E-state index in [1.807, 2.05) is 0 Å². The molecule has 0 bridgehead atoms. The first-order valence-corrected chi connectivity index (χ1v) is 5.79. The lowest BCUT2D eigenvalue weighted by Crippen LogP contribution is -2.40. The number of hydrogen-bond acceptors (Lipinski definition) is 4. The minimum atomic E-state index is -0.228. The van der Waals surface area contributed by atoms with Gasteiger partial charge in [0.25, 0.3) is 0 Å². The van der Waals surface area contributed by atoms with Crippen LogP contribution >= 0.6 is 0 Å². The SMILES string of the molecule is COC(=O)CCCNC(=O)[C@H]1CCCNC1. The van der Waals surface area contributed by atoms with E-state index in [0.717, 1.165) is 25.9 Å². The van der Waals surface area contributed by atoms with E-state index in [-0.39, 0.29) is 17.8 Å². The van der Waals surface area contributed by atoms with Crippen molar-refractivity contribution in [2.45, 2.75) is 25.7 Å². The summed E-state index contributed by atoms with van der Waals surface area (Å²) in [7, 11) is 1.37. The van der Waals surface area contributed by atoms with Gasteiger partial charge >= 0.3 is 5.97 Å². The fraction of sp³-hybridized carbons (Fsp3) is 0.818. The van der Waals surface area contributed by atoms with Gasteiger partial charge in [-0.3, -0.25) is 9.59 Å². The molecule has 0 aromatic rings. The molecule has 1 atom stereocenters. The number of nitrogens with one attached hydrogen (secondary N) is 2. The molecule has 1 heterocycles. The molecular formula is C11H20N2O3. The van der Waals surface area contributed by atoms with E-state index in [4.69, 9.17) is 0 Å². The number of ether oxygens (including phenoxy) is 1. The second-order valence-corrected chi connectivity index (χ2v) is 4.01. The summed E-state index contributed by atoms with van der Waals surface area (Å²) in [6, 6.07) is 0. The summed E-state index contributed by atoms with van der Waals surface area (Å²) in [6.07, 6.45) is 3.01. The van der Waals surface area contributed by atoms with E-state index in [1.54, 1.807) is 0 Å². The predicted octanol–water partition coefficient (Wildman–Crippen LogP) is 0.0554. The maximum atomic E-state index is 11.6. The Hall–Kier alpha value is -1.10. The number of carbonyl (C=O) groups excluding carboxylic acids is 2. The molecule has 1 fully saturated rings. The van der Waals surface area contributed by atoms with Crippen molar-refractivity contribution in [3.8, 4) is 0 Å². The minimum absolute atomic E-state index is 0.0897. The molecule has 0 radical (unpaired) electrons. The molecule has 1 aliphatic rings. The number of carbonyl (C=O) groups is 2. The molecule has 1 rings (SSSR count). The molecule has 0 saturated carbocycles. The molecular weight excluding hydrogens is 208 g/mol. The van der Waals surface area contributed by atoms with E-state index >= 15 is 0 Å². The van der Waals surface area contributed by atoms with E-state index in [1.165, 1.54) is 7.11 Å². The molecule has 2 N–H and O–H groups in total. The van der Waals surface area contributed by atoms with Crippen LogP contribution in [0.25, 0.3) is 0 Å². The lowest BCUT2D eigenvalue weighted by molar-refractivity contribution is -0.140. The van der Waals surface area contributed by atoms with Gasteiger partial charge in [0.1, 0.15) is 0 Å². The van der Waals surface area contributed by atoms with Crippen LogP contribution in [-0.4, -0.2) is 38.6 Å². The summed E-state index contributed by atoms with van der Waals surface area (Å²) < 4.78 is 4.51. The highest BCUT2D eigenvalue weighted by atomic mass is 16.5. The minimum Gasteiger partial charge on any atom is -0.469 e. The number of methoxy groups -OCH3 is 1. The highest BCUT2D eigenvalue weighted by Crippen LogP contribution is 2.09. The summed E-state index contributed by atoms with van der Waals surface area (Å²) in [6.45, 7) is 2.32. The van der Waals surface area contributed by atoms with Crippen LogP contribution in [0.2, 0.25) is 0 Å². The third-order valence-corrected chi connectivity index (χ3v) is 2.75. The largest absolute Gasteiger partial charge is 0.469 e. The van der Waals surface area contributed by atoms with Crippen molar-refractivity contribution in [1.82, 2.24) is 10.6 Å². The van der Waals surface area contributed by atoms with Gasteiger partial charge in [-0.2, -0.15) is 0 Å². The molecule has 0 aromatic heterocycles. The highest BCUT2D eigenvalue weighted by Gasteiger charge is 2.20. The average Bonchev–Trinajstić information content (AvgIpc) is 2.35. The third-order valence-electron chi connectivity index (χ3n) is 2.75. The quantitative estimate of drug-likeness (QED) is 0.515. The van der Waals surface area contributed by atoms with Crippen LogP contribution in [0, 0.1) is 5.92 Å². The molecule has 0 spiro atoms. The lowest BCUT2D eigenvalue weighted by Gasteiger charge is -2.21. The first-order chi connectivity index (χ1) is 7.74. The Morgan fingerprint density at radius 3 is 2.94 bits per heavy atom. The molecule has 0 aliphatic carbocycles. The van der Waals surface area contributed by atoms with Crippen molar-refractivity contribution in [2.75, 3.05) is 26.7 Å². The Morgan fingerprint density at radius 2 is 2.31 bits per heavy atom. The van der Waals surface area contributed by atoms with Gasteiger partial charge in [0.05, 0.1) is 13.0 Å². The molecule has 16 heavy (non-hydrogen) atoms. The van der Waals surface area contributed by atoms with Gasteiger partial charge in [-0.1, -0.05) is 0 Å². The van der Waals surface area contributed by atoms with Gasteiger partial charge in [-0.05, 0) is 25.8 Å². The van der Waals surface area contributed by atoms with Crippen LogP contribution < -0.4 is 10.6 Å². The van der Waals surface area contributed by atoms with E-state index < -0.39 is 0 Å². The van der Waals surface area contributed by atoms with Crippen LogP contribution in [0.5, 0.6) is 0 Å². The number of piperidine rings is 1. The molecule has 0 aromatic carbocycles. The Balaban J connectivity index is 2.07. The van der Waals surface area contributed by atoms with Crippen LogP contribution in [0.3, 0.4) is 0 Å². The van der Waals surface area contributed by atoms with Gasteiger partial charge < -0.3 is 15.4 Å². The number of amides is 1. The van der Waals surface area contributed by atoms with Gasteiger partial charge in [-0.25, -0.2) is 0 Å². The van der Waals surface area contributed by atoms with Crippen molar-refractivity contribution < 1.29 is 14.3 Å². The third kappa shape index (κ3) is 4.61. The van der Waals surface area contributed by atoms with Gasteiger partial charge in [0, 0.05) is 19.5 Å². The van der Waals surface area contributed by atoms with E-state index in [9.17, 15) is 9.59 Å².